The van der Waals surface area contributed by atoms with Crippen molar-refractivity contribution in [2.75, 3.05) is 40.4 Å². The second kappa shape index (κ2) is 9.52. The maximum absolute atomic E-state index is 13.2. The number of carbonyl (C=O) groups excluding carboxylic acids is 2. The van der Waals surface area contributed by atoms with Crippen molar-refractivity contribution in [3.05, 3.63) is 46.0 Å². The number of hydrogen-bond donors (Lipinski definition) is 1. The Balaban J connectivity index is 1.48. The van der Waals surface area contributed by atoms with Gasteiger partial charge in [0.05, 0.1) is 14.2 Å². The molecule has 4 rings (SSSR count). The van der Waals surface area contributed by atoms with Gasteiger partial charge in [0.25, 0.3) is 5.91 Å². The Bertz CT molecular complexity index is 1050. The zero-order valence-electron chi connectivity index (χ0n) is 19.0. The SMILES string of the molecule is COc1cc(C(=O)N2CC3CN(C(CC(N)=O)c4ccc(C)c(Cl)c4)CC3C2)c(OC)nn1. The van der Waals surface area contributed by atoms with Crippen molar-refractivity contribution in [3.8, 4) is 11.8 Å². The lowest BCUT2D eigenvalue weighted by molar-refractivity contribution is -0.119. The molecule has 3 atom stereocenters. The number of carbonyl (C=O) groups is 2. The average molecular weight is 474 g/mol. The molecule has 1 aromatic heterocycles. The molecule has 0 bridgehead atoms. The number of nitrogens with two attached hydrogens (primary N) is 1. The number of aryl methyl sites for hydroxylation is 1. The van der Waals surface area contributed by atoms with Crippen molar-refractivity contribution in [2.24, 2.45) is 17.6 Å². The molecule has 2 saturated heterocycles. The highest BCUT2D eigenvalue weighted by Gasteiger charge is 2.44. The summed E-state index contributed by atoms with van der Waals surface area (Å²) in [7, 11) is 2.93. The first-order chi connectivity index (χ1) is 15.8. The van der Waals surface area contributed by atoms with Crippen LogP contribution in [0.3, 0.4) is 0 Å². The monoisotopic (exact) mass is 473 g/mol. The van der Waals surface area contributed by atoms with Crippen LogP contribution >= 0.6 is 11.6 Å². The summed E-state index contributed by atoms with van der Waals surface area (Å²) in [4.78, 5) is 29.2. The fourth-order valence-electron chi connectivity index (χ4n) is 4.85. The number of hydrogen-bond acceptors (Lipinski definition) is 7. The first-order valence-corrected chi connectivity index (χ1v) is 11.2. The molecule has 2 aromatic rings. The third kappa shape index (κ3) is 4.74. The van der Waals surface area contributed by atoms with Gasteiger partial charge in [0.1, 0.15) is 5.56 Å². The summed E-state index contributed by atoms with van der Waals surface area (Å²) in [6.45, 7) is 4.72. The largest absolute Gasteiger partial charge is 0.480 e. The predicted molar refractivity (Wildman–Crippen MR) is 122 cm³/mol. The van der Waals surface area contributed by atoms with Crippen LogP contribution in [0.1, 0.15) is 33.9 Å². The molecule has 1 aromatic carbocycles. The summed E-state index contributed by atoms with van der Waals surface area (Å²) in [5.41, 5.74) is 7.88. The van der Waals surface area contributed by atoms with Crippen molar-refractivity contribution in [2.45, 2.75) is 19.4 Å². The number of benzene rings is 1. The Morgan fingerprint density at radius 2 is 1.82 bits per heavy atom. The molecule has 0 aliphatic carbocycles. The molecule has 2 aliphatic rings. The van der Waals surface area contributed by atoms with Crippen molar-refractivity contribution in [3.63, 3.8) is 0 Å². The number of amides is 2. The summed E-state index contributed by atoms with van der Waals surface area (Å²) in [5, 5.41) is 8.48. The Morgan fingerprint density at radius 3 is 2.39 bits per heavy atom. The Morgan fingerprint density at radius 1 is 1.12 bits per heavy atom. The third-order valence-electron chi connectivity index (χ3n) is 6.59. The van der Waals surface area contributed by atoms with Crippen molar-refractivity contribution < 1.29 is 19.1 Å². The minimum absolute atomic E-state index is 0.135. The van der Waals surface area contributed by atoms with E-state index in [1.54, 1.807) is 6.07 Å². The molecule has 0 spiro atoms. The smallest absolute Gasteiger partial charge is 0.259 e. The number of likely N-dealkylation sites (tertiary alicyclic amines) is 2. The average Bonchev–Trinajstić information content (AvgIpc) is 3.37. The Kier molecular flexibility index (Phi) is 6.71. The molecule has 176 valence electrons. The van der Waals surface area contributed by atoms with Crippen LogP contribution in [0, 0.1) is 18.8 Å². The summed E-state index contributed by atoms with van der Waals surface area (Å²) in [6.07, 6.45) is 0.223. The number of ether oxygens (including phenoxy) is 2. The zero-order valence-corrected chi connectivity index (χ0v) is 19.7. The summed E-state index contributed by atoms with van der Waals surface area (Å²) in [5.74, 6) is 0.533. The number of nitrogens with zero attached hydrogens (tertiary/aromatic N) is 4. The van der Waals surface area contributed by atoms with Crippen molar-refractivity contribution >= 4 is 23.4 Å². The molecule has 33 heavy (non-hydrogen) atoms. The summed E-state index contributed by atoms with van der Waals surface area (Å²) < 4.78 is 10.4. The molecule has 2 N–H and O–H groups in total. The van der Waals surface area contributed by atoms with E-state index in [1.165, 1.54) is 14.2 Å². The lowest BCUT2D eigenvalue weighted by atomic mass is 10.0. The third-order valence-corrected chi connectivity index (χ3v) is 7.00. The van der Waals surface area contributed by atoms with E-state index >= 15 is 0 Å². The Hall–Kier alpha value is -2.91. The van der Waals surface area contributed by atoms with Gasteiger partial charge >= 0.3 is 0 Å². The van der Waals surface area contributed by atoms with E-state index in [-0.39, 0.29) is 36.0 Å². The maximum Gasteiger partial charge on any atom is 0.259 e. The van der Waals surface area contributed by atoms with E-state index in [4.69, 9.17) is 26.8 Å². The molecule has 9 nitrogen and oxygen atoms in total. The molecule has 2 amide bonds. The van der Waals surface area contributed by atoms with E-state index in [0.717, 1.165) is 24.2 Å². The van der Waals surface area contributed by atoms with Gasteiger partial charge in [-0.1, -0.05) is 23.7 Å². The van der Waals surface area contributed by atoms with Gasteiger partial charge in [-0.15, -0.1) is 10.2 Å². The van der Waals surface area contributed by atoms with Gasteiger partial charge in [0.2, 0.25) is 17.7 Å². The quantitative estimate of drug-likeness (QED) is 0.655. The Labute approximate surface area is 197 Å². The van der Waals surface area contributed by atoms with Gasteiger partial charge in [-0.25, -0.2) is 0 Å². The highest BCUT2D eigenvalue weighted by molar-refractivity contribution is 6.31. The second-order valence-corrected chi connectivity index (χ2v) is 9.10. The zero-order chi connectivity index (χ0) is 23.7. The van der Waals surface area contributed by atoms with Crippen LogP contribution < -0.4 is 15.2 Å². The molecule has 10 heteroatoms. The van der Waals surface area contributed by atoms with Gasteiger partial charge in [0.15, 0.2) is 0 Å². The maximum atomic E-state index is 13.2. The lowest BCUT2D eigenvalue weighted by Crippen LogP contribution is -2.36. The lowest BCUT2D eigenvalue weighted by Gasteiger charge is -2.29. The van der Waals surface area contributed by atoms with E-state index < -0.39 is 0 Å². The molecular weight excluding hydrogens is 446 g/mol. The van der Waals surface area contributed by atoms with Crippen LogP contribution in [0.25, 0.3) is 0 Å². The van der Waals surface area contributed by atoms with Crippen LogP contribution in [0.15, 0.2) is 24.3 Å². The molecule has 3 heterocycles. The van der Waals surface area contributed by atoms with Gasteiger partial charge in [-0.3, -0.25) is 14.5 Å². The number of rotatable bonds is 7. The van der Waals surface area contributed by atoms with Gasteiger partial charge in [-0.2, -0.15) is 0 Å². The fraction of sp³-hybridized carbons (Fsp3) is 0.478. The van der Waals surface area contributed by atoms with Crippen LogP contribution in [0.4, 0.5) is 0 Å². The minimum Gasteiger partial charge on any atom is -0.480 e. The highest BCUT2D eigenvalue weighted by Crippen LogP contribution is 2.38. The van der Waals surface area contributed by atoms with Crippen molar-refractivity contribution in [1.29, 1.82) is 0 Å². The minimum atomic E-state index is -0.350. The predicted octanol–water partition coefficient (Wildman–Crippen LogP) is 2.08. The van der Waals surface area contributed by atoms with Crippen LogP contribution in [0.2, 0.25) is 5.02 Å². The van der Waals surface area contributed by atoms with Crippen LogP contribution in [-0.2, 0) is 4.79 Å². The second-order valence-electron chi connectivity index (χ2n) is 8.69. The number of methoxy groups -OCH3 is 2. The molecule has 0 saturated carbocycles. The first kappa shape index (κ1) is 23.3. The highest BCUT2D eigenvalue weighted by atomic mass is 35.5. The van der Waals surface area contributed by atoms with E-state index in [9.17, 15) is 9.59 Å². The molecule has 2 fully saturated rings. The molecule has 0 radical (unpaired) electrons. The van der Waals surface area contributed by atoms with Gasteiger partial charge in [-0.05, 0) is 36.0 Å². The molecule has 2 aliphatic heterocycles. The van der Waals surface area contributed by atoms with E-state index in [0.29, 0.717) is 35.5 Å². The molecular formula is C23H28ClN5O4. The van der Waals surface area contributed by atoms with E-state index in [2.05, 4.69) is 15.1 Å². The normalized spacial score (nSPS) is 21.0. The number of primary amides is 1. The van der Waals surface area contributed by atoms with Crippen LogP contribution in [-0.4, -0.2) is 72.2 Å². The number of fused-ring (bicyclic) bond motifs is 1. The molecule has 3 unspecified atom stereocenters. The summed E-state index contributed by atoms with van der Waals surface area (Å²) in [6, 6.07) is 7.31. The topological polar surface area (TPSA) is 111 Å². The fourth-order valence-corrected chi connectivity index (χ4v) is 5.04. The van der Waals surface area contributed by atoms with Crippen LogP contribution in [0.5, 0.6) is 11.8 Å². The number of aromatic nitrogens is 2. The van der Waals surface area contributed by atoms with Crippen molar-refractivity contribution in [1.82, 2.24) is 20.0 Å². The first-order valence-electron chi connectivity index (χ1n) is 10.8. The summed E-state index contributed by atoms with van der Waals surface area (Å²) >= 11 is 6.35. The van der Waals surface area contributed by atoms with Gasteiger partial charge < -0.3 is 20.1 Å². The number of halogens is 1. The van der Waals surface area contributed by atoms with Gasteiger partial charge in [0, 0.05) is 49.7 Å². The van der Waals surface area contributed by atoms with E-state index in [1.807, 2.05) is 30.0 Å². The standard InChI is InChI=1S/C23H28ClN5O4/c1-13-4-5-14(6-18(13)24)19(8-20(25)30)28-9-15-11-29(12-16(15)10-28)23(31)17-7-21(32-2)26-27-22(17)33-3/h4-7,15-16,19H,8-12H2,1-3H3,(H2,25,30).